The van der Waals surface area contributed by atoms with Gasteiger partial charge in [-0.1, -0.05) is 41.5 Å². The number of hydrogen-bond donors (Lipinski definition) is 0. The molecule has 0 saturated heterocycles. The van der Waals surface area contributed by atoms with Crippen LogP contribution in [-0.2, 0) is 14.3 Å². The molecule has 100 valence electrons. The van der Waals surface area contributed by atoms with Crippen molar-refractivity contribution in [3.63, 3.8) is 0 Å². The van der Waals surface area contributed by atoms with Crippen molar-refractivity contribution >= 4 is 5.78 Å². The fourth-order valence-corrected chi connectivity index (χ4v) is 3.15. The zero-order valence-corrected chi connectivity index (χ0v) is 12.4. The van der Waals surface area contributed by atoms with Crippen LogP contribution in [0.2, 0.25) is 0 Å². The van der Waals surface area contributed by atoms with E-state index in [4.69, 9.17) is 9.47 Å². The highest BCUT2D eigenvalue weighted by Gasteiger charge is 2.69. The predicted molar refractivity (Wildman–Crippen MR) is 67.6 cm³/mol. The summed E-state index contributed by atoms with van der Waals surface area (Å²) < 4.78 is 10.9. The molecule has 2 atom stereocenters. The van der Waals surface area contributed by atoms with Crippen molar-refractivity contribution in [2.45, 2.75) is 47.3 Å². The van der Waals surface area contributed by atoms with E-state index in [1.165, 1.54) is 0 Å². The minimum absolute atomic E-state index is 0.0117. The molecule has 0 bridgehead atoms. The highest BCUT2D eigenvalue weighted by molar-refractivity contribution is 5.96. The van der Waals surface area contributed by atoms with Crippen molar-refractivity contribution in [2.75, 3.05) is 14.2 Å². The van der Waals surface area contributed by atoms with Crippen LogP contribution in [-0.4, -0.2) is 25.8 Å². The molecule has 0 aromatic rings. The van der Waals surface area contributed by atoms with Gasteiger partial charge in [0.25, 0.3) is 0 Å². The van der Waals surface area contributed by atoms with Crippen LogP contribution in [0.1, 0.15) is 41.5 Å². The van der Waals surface area contributed by atoms with Crippen molar-refractivity contribution in [2.24, 2.45) is 22.7 Å². The van der Waals surface area contributed by atoms with Crippen molar-refractivity contribution in [1.29, 1.82) is 0 Å². The van der Waals surface area contributed by atoms with Gasteiger partial charge in [0.2, 0.25) is 5.79 Å². The monoisotopic (exact) mass is 242 g/mol. The summed E-state index contributed by atoms with van der Waals surface area (Å²) >= 11 is 0. The van der Waals surface area contributed by atoms with Crippen LogP contribution in [0.15, 0.2) is 0 Å². The molecular weight excluding hydrogens is 216 g/mol. The number of ketones is 1. The number of carbonyl (C=O) groups excluding carboxylic acids is 1. The molecular formula is C14H26O3. The Labute approximate surface area is 105 Å². The standard InChI is InChI=1S/C14H26O3/c1-12(2,3)9-10(13(4,5)6)14(16-7,17-8)11(9)15/h9-10H,1-8H3. The second kappa shape index (κ2) is 4.06. The Kier molecular flexibility index (Phi) is 3.50. The second-order valence-electron chi connectivity index (χ2n) is 7.13. The molecule has 0 spiro atoms. The van der Waals surface area contributed by atoms with E-state index in [9.17, 15) is 4.79 Å². The fraction of sp³-hybridized carbons (Fsp3) is 0.929. The lowest BCUT2D eigenvalue weighted by molar-refractivity contribution is -0.300. The van der Waals surface area contributed by atoms with Gasteiger partial charge in [-0.25, -0.2) is 0 Å². The summed E-state index contributed by atoms with van der Waals surface area (Å²) in [5, 5.41) is 0. The molecule has 0 aromatic carbocycles. The normalized spacial score (nSPS) is 29.1. The van der Waals surface area contributed by atoms with Gasteiger partial charge in [0.1, 0.15) is 0 Å². The first kappa shape index (κ1) is 14.7. The Hall–Kier alpha value is -0.410. The van der Waals surface area contributed by atoms with E-state index >= 15 is 0 Å². The Morgan fingerprint density at radius 1 is 0.941 bits per heavy atom. The minimum atomic E-state index is -1.05. The molecule has 0 aromatic heterocycles. The maximum Gasteiger partial charge on any atom is 0.232 e. The van der Waals surface area contributed by atoms with Gasteiger partial charge < -0.3 is 9.47 Å². The van der Waals surface area contributed by atoms with Crippen LogP contribution in [0.5, 0.6) is 0 Å². The zero-order chi connectivity index (χ0) is 13.6. The van der Waals surface area contributed by atoms with Crippen molar-refractivity contribution in [3.05, 3.63) is 0 Å². The number of methoxy groups -OCH3 is 2. The summed E-state index contributed by atoms with van der Waals surface area (Å²) in [5.74, 6) is -0.897. The van der Waals surface area contributed by atoms with E-state index in [-0.39, 0.29) is 28.4 Å². The second-order valence-corrected chi connectivity index (χ2v) is 7.13. The number of Topliss-reactive ketones (excluding diaryl/α,β-unsaturated/α-hetero) is 1. The molecule has 1 aliphatic rings. The first-order valence-electron chi connectivity index (χ1n) is 6.17. The molecule has 1 rings (SSSR count). The first-order valence-corrected chi connectivity index (χ1v) is 6.17. The molecule has 3 nitrogen and oxygen atoms in total. The lowest BCUT2D eigenvalue weighted by atomic mass is 9.50. The van der Waals surface area contributed by atoms with Crippen LogP contribution in [0, 0.1) is 22.7 Å². The van der Waals surface area contributed by atoms with Gasteiger partial charge in [-0.3, -0.25) is 4.79 Å². The van der Waals surface area contributed by atoms with E-state index in [0.717, 1.165) is 0 Å². The number of ether oxygens (including phenoxy) is 2. The molecule has 1 fully saturated rings. The molecule has 0 heterocycles. The highest BCUT2D eigenvalue weighted by Crippen LogP contribution is 2.58. The zero-order valence-electron chi connectivity index (χ0n) is 12.4. The Bertz CT molecular complexity index is 302. The quantitative estimate of drug-likeness (QED) is 0.698. The topological polar surface area (TPSA) is 35.5 Å². The van der Waals surface area contributed by atoms with E-state index < -0.39 is 5.79 Å². The number of hydrogen-bond acceptors (Lipinski definition) is 3. The summed E-state index contributed by atoms with van der Waals surface area (Å²) in [5.41, 5.74) is -0.0898. The van der Waals surface area contributed by atoms with Crippen LogP contribution in [0.3, 0.4) is 0 Å². The van der Waals surface area contributed by atoms with Gasteiger partial charge in [0.15, 0.2) is 5.78 Å². The molecule has 0 radical (unpaired) electrons. The molecule has 3 heteroatoms. The van der Waals surface area contributed by atoms with E-state index in [2.05, 4.69) is 41.5 Å². The van der Waals surface area contributed by atoms with Crippen molar-refractivity contribution in [3.8, 4) is 0 Å². The molecule has 17 heavy (non-hydrogen) atoms. The van der Waals surface area contributed by atoms with Gasteiger partial charge >= 0.3 is 0 Å². The maximum atomic E-state index is 12.4. The van der Waals surface area contributed by atoms with E-state index in [1.54, 1.807) is 14.2 Å². The Morgan fingerprint density at radius 3 is 1.59 bits per heavy atom. The average molecular weight is 242 g/mol. The van der Waals surface area contributed by atoms with Crippen LogP contribution >= 0.6 is 0 Å². The van der Waals surface area contributed by atoms with Gasteiger partial charge in [0, 0.05) is 26.1 Å². The first-order chi connectivity index (χ1) is 7.52. The summed E-state index contributed by atoms with van der Waals surface area (Å²) in [6.45, 7) is 12.7. The lowest BCUT2D eigenvalue weighted by Crippen LogP contribution is -2.71. The third-order valence-electron chi connectivity index (χ3n) is 3.84. The summed E-state index contributed by atoms with van der Waals surface area (Å²) in [6, 6.07) is 0. The fourth-order valence-electron chi connectivity index (χ4n) is 3.15. The minimum Gasteiger partial charge on any atom is -0.347 e. The third-order valence-corrected chi connectivity index (χ3v) is 3.84. The Morgan fingerprint density at radius 2 is 1.35 bits per heavy atom. The van der Waals surface area contributed by atoms with Crippen molar-refractivity contribution in [1.82, 2.24) is 0 Å². The smallest absolute Gasteiger partial charge is 0.232 e. The largest absolute Gasteiger partial charge is 0.347 e. The summed E-state index contributed by atoms with van der Waals surface area (Å²) in [4.78, 5) is 12.4. The van der Waals surface area contributed by atoms with E-state index in [1.807, 2.05) is 0 Å². The van der Waals surface area contributed by atoms with Gasteiger partial charge in [-0.2, -0.15) is 0 Å². The molecule has 0 N–H and O–H groups in total. The molecule has 2 unspecified atom stereocenters. The molecule has 1 saturated carbocycles. The SMILES string of the molecule is COC1(OC)C(=O)C(C(C)(C)C)C1C(C)(C)C. The average Bonchev–Trinajstić information content (AvgIpc) is 2.12. The maximum absolute atomic E-state index is 12.4. The molecule has 1 aliphatic carbocycles. The van der Waals surface area contributed by atoms with Crippen LogP contribution < -0.4 is 0 Å². The van der Waals surface area contributed by atoms with Gasteiger partial charge in [-0.15, -0.1) is 0 Å². The summed E-state index contributed by atoms with van der Waals surface area (Å²) in [6.07, 6.45) is 0. The lowest BCUT2D eigenvalue weighted by Gasteiger charge is -2.59. The van der Waals surface area contributed by atoms with Crippen LogP contribution in [0.4, 0.5) is 0 Å². The van der Waals surface area contributed by atoms with Gasteiger partial charge in [-0.05, 0) is 10.8 Å². The molecule has 0 aliphatic heterocycles. The third kappa shape index (κ3) is 2.04. The van der Waals surface area contributed by atoms with Gasteiger partial charge in [0.05, 0.1) is 0 Å². The number of rotatable bonds is 2. The van der Waals surface area contributed by atoms with E-state index in [0.29, 0.717) is 0 Å². The Balaban J connectivity index is 3.19. The molecule has 0 amide bonds. The number of carbonyl (C=O) groups is 1. The highest BCUT2D eigenvalue weighted by atomic mass is 16.7. The van der Waals surface area contributed by atoms with Crippen molar-refractivity contribution < 1.29 is 14.3 Å². The summed E-state index contributed by atoms with van der Waals surface area (Å²) in [7, 11) is 3.11. The van der Waals surface area contributed by atoms with Crippen LogP contribution in [0.25, 0.3) is 0 Å². The predicted octanol–water partition coefficient (Wildman–Crippen LogP) is 2.88.